The lowest BCUT2D eigenvalue weighted by atomic mass is 10.1. The molecule has 0 fully saturated rings. The monoisotopic (exact) mass is 310 g/mol. The summed E-state index contributed by atoms with van der Waals surface area (Å²) in [4.78, 5) is 2.62. The van der Waals surface area contributed by atoms with Crippen LogP contribution in [0.1, 0.15) is 5.56 Å². The van der Waals surface area contributed by atoms with E-state index in [4.69, 9.17) is 9.47 Å². The van der Waals surface area contributed by atoms with Gasteiger partial charge in [-0.25, -0.2) is 4.90 Å². The van der Waals surface area contributed by atoms with Gasteiger partial charge in [-0.1, -0.05) is 23.9 Å². The summed E-state index contributed by atoms with van der Waals surface area (Å²) < 4.78 is 10.5. The van der Waals surface area contributed by atoms with Gasteiger partial charge in [0, 0.05) is 15.9 Å². The van der Waals surface area contributed by atoms with Crippen molar-refractivity contribution in [2.24, 2.45) is 0 Å². The second-order valence-electron chi connectivity index (χ2n) is 4.62. The van der Waals surface area contributed by atoms with Gasteiger partial charge in [0.1, 0.15) is 11.5 Å². The molecule has 22 heavy (non-hydrogen) atoms. The largest absolute Gasteiger partial charge is 0.497 e. The summed E-state index contributed by atoms with van der Waals surface area (Å²) in [6.07, 6.45) is 2.25. The van der Waals surface area contributed by atoms with Crippen molar-refractivity contribution < 1.29 is 9.47 Å². The average molecular weight is 310 g/mol. The molecule has 0 amide bonds. The van der Waals surface area contributed by atoms with Crippen LogP contribution in [0, 0.1) is 11.5 Å². The predicted molar refractivity (Wildman–Crippen MR) is 87.9 cm³/mol. The van der Waals surface area contributed by atoms with Gasteiger partial charge in [-0.2, -0.15) is 5.26 Å². The van der Waals surface area contributed by atoms with Crippen molar-refractivity contribution in [3.05, 3.63) is 53.4 Å². The topological polar surface area (TPSA) is 45.5 Å². The lowest BCUT2D eigenvalue weighted by Crippen LogP contribution is -2.17. The molecule has 5 heteroatoms. The van der Waals surface area contributed by atoms with E-state index in [0.717, 1.165) is 33.3 Å². The second kappa shape index (κ2) is 6.04. The van der Waals surface area contributed by atoms with Crippen LogP contribution in [-0.2, 0) is 0 Å². The third-order valence-electron chi connectivity index (χ3n) is 3.41. The van der Waals surface area contributed by atoms with E-state index >= 15 is 0 Å². The quantitative estimate of drug-likeness (QED) is 0.799. The lowest BCUT2D eigenvalue weighted by Gasteiger charge is -2.26. The molecule has 0 radical (unpaired) electrons. The molecule has 110 valence electrons. The summed E-state index contributed by atoms with van der Waals surface area (Å²) in [5, 5.41) is 11.6. The van der Waals surface area contributed by atoms with Crippen LogP contribution in [0.25, 0.3) is 5.70 Å². The molecule has 1 aliphatic rings. The number of hydrogen-bond acceptors (Lipinski definition) is 5. The molecule has 2 aromatic rings. The fourth-order valence-corrected chi connectivity index (χ4v) is 3.23. The predicted octanol–water partition coefficient (Wildman–Crippen LogP) is 4.10. The van der Waals surface area contributed by atoms with Crippen molar-refractivity contribution >= 4 is 23.1 Å². The van der Waals surface area contributed by atoms with Gasteiger partial charge in [0.25, 0.3) is 0 Å². The minimum absolute atomic E-state index is 0.766. The number of nitrogens with zero attached hydrogens (tertiary/aromatic N) is 2. The summed E-state index contributed by atoms with van der Waals surface area (Å²) in [7, 11) is 3.27. The van der Waals surface area contributed by atoms with E-state index in [9.17, 15) is 5.26 Å². The molecule has 1 heterocycles. The Hall–Kier alpha value is -2.58. The number of thioether (sulfide) groups is 1. The minimum Gasteiger partial charge on any atom is -0.497 e. The molecule has 3 rings (SSSR count). The molecule has 0 bridgehead atoms. The maximum absolute atomic E-state index is 9.59. The highest BCUT2D eigenvalue weighted by Crippen LogP contribution is 2.43. The van der Waals surface area contributed by atoms with Gasteiger partial charge in [0.2, 0.25) is 0 Å². The first-order valence-electron chi connectivity index (χ1n) is 6.66. The smallest absolute Gasteiger partial charge is 0.189 e. The fourth-order valence-electron chi connectivity index (χ4n) is 2.29. The number of rotatable bonds is 3. The lowest BCUT2D eigenvalue weighted by molar-refractivity contribution is 0.414. The molecule has 0 N–H and O–H groups in total. The molecule has 0 atom stereocenters. The number of nitriles is 1. The Kier molecular flexibility index (Phi) is 3.94. The molecule has 0 aliphatic carbocycles. The van der Waals surface area contributed by atoms with Crippen LogP contribution in [-0.4, -0.2) is 14.2 Å². The number of ether oxygens (including phenoxy) is 2. The highest BCUT2D eigenvalue weighted by Gasteiger charge is 2.22. The fraction of sp³-hybridized carbons (Fsp3) is 0.118. The van der Waals surface area contributed by atoms with Gasteiger partial charge in [-0.05, 0) is 30.3 Å². The van der Waals surface area contributed by atoms with Crippen molar-refractivity contribution in [2.75, 3.05) is 19.1 Å². The van der Waals surface area contributed by atoms with E-state index in [1.807, 2.05) is 47.9 Å². The van der Waals surface area contributed by atoms with Gasteiger partial charge >= 0.3 is 0 Å². The standard InChI is InChI=1S/C17H14N2O2S/c1-20-13-5-3-4-12(8-13)16-10-22-17-9-14(21-2)6-7-15(17)19(16)11-18/h3-10H,1-2H3. The summed E-state index contributed by atoms with van der Waals surface area (Å²) in [5.74, 6) is 1.55. The zero-order valence-electron chi connectivity index (χ0n) is 12.2. The normalized spacial score (nSPS) is 13.0. The minimum atomic E-state index is 0.766. The van der Waals surface area contributed by atoms with Crippen LogP contribution in [0.3, 0.4) is 0 Å². The maximum atomic E-state index is 9.59. The Morgan fingerprint density at radius 3 is 2.55 bits per heavy atom. The Morgan fingerprint density at radius 2 is 1.82 bits per heavy atom. The molecule has 0 unspecified atom stereocenters. The van der Waals surface area contributed by atoms with Gasteiger partial charge in [-0.15, -0.1) is 0 Å². The van der Waals surface area contributed by atoms with E-state index in [-0.39, 0.29) is 0 Å². The van der Waals surface area contributed by atoms with Crippen LogP contribution in [0.4, 0.5) is 5.69 Å². The van der Waals surface area contributed by atoms with Crippen molar-refractivity contribution in [1.29, 1.82) is 5.26 Å². The van der Waals surface area contributed by atoms with Crippen molar-refractivity contribution in [3.63, 3.8) is 0 Å². The van der Waals surface area contributed by atoms with Crippen LogP contribution in [0.5, 0.6) is 11.5 Å². The van der Waals surface area contributed by atoms with E-state index < -0.39 is 0 Å². The number of methoxy groups -OCH3 is 2. The molecule has 0 saturated heterocycles. The summed E-state index contributed by atoms with van der Waals surface area (Å²) in [5.41, 5.74) is 2.63. The second-order valence-corrected chi connectivity index (χ2v) is 5.53. The summed E-state index contributed by atoms with van der Waals surface area (Å²) in [6, 6.07) is 13.4. The molecule has 4 nitrogen and oxygen atoms in total. The Balaban J connectivity index is 2.04. The Labute approximate surface area is 133 Å². The molecular weight excluding hydrogens is 296 g/mol. The van der Waals surface area contributed by atoms with Crippen molar-refractivity contribution in [1.82, 2.24) is 0 Å². The summed E-state index contributed by atoms with van der Waals surface area (Å²) >= 11 is 1.58. The highest BCUT2D eigenvalue weighted by atomic mass is 32.2. The number of fused-ring (bicyclic) bond motifs is 1. The number of benzene rings is 2. The van der Waals surface area contributed by atoms with Gasteiger partial charge in [0.15, 0.2) is 6.19 Å². The van der Waals surface area contributed by atoms with Crippen LogP contribution >= 0.6 is 11.8 Å². The zero-order chi connectivity index (χ0) is 15.5. The first-order chi connectivity index (χ1) is 10.8. The Bertz CT molecular complexity index is 780. The summed E-state index contributed by atoms with van der Waals surface area (Å²) in [6.45, 7) is 0. The van der Waals surface area contributed by atoms with E-state index in [2.05, 4.69) is 6.19 Å². The molecule has 0 aromatic heterocycles. The SMILES string of the molecule is COc1cccc(C2=CSc3cc(OC)ccc3N2C#N)c1. The first-order valence-corrected chi connectivity index (χ1v) is 7.54. The van der Waals surface area contributed by atoms with Gasteiger partial charge < -0.3 is 9.47 Å². The van der Waals surface area contributed by atoms with Crippen LogP contribution in [0.15, 0.2) is 52.8 Å². The van der Waals surface area contributed by atoms with Gasteiger partial charge in [0.05, 0.1) is 25.6 Å². The first kappa shape index (κ1) is 14.4. The van der Waals surface area contributed by atoms with Crippen LogP contribution < -0.4 is 14.4 Å². The zero-order valence-corrected chi connectivity index (χ0v) is 13.1. The third-order valence-corrected chi connectivity index (χ3v) is 4.33. The van der Waals surface area contributed by atoms with Crippen LogP contribution in [0.2, 0.25) is 0 Å². The molecular formula is C17H14N2O2S. The average Bonchev–Trinajstić information content (AvgIpc) is 2.60. The number of hydrogen-bond donors (Lipinski definition) is 0. The third kappa shape index (κ3) is 2.49. The van der Waals surface area contributed by atoms with Crippen molar-refractivity contribution in [3.8, 4) is 17.7 Å². The van der Waals surface area contributed by atoms with E-state index in [0.29, 0.717) is 0 Å². The molecule has 1 aliphatic heterocycles. The maximum Gasteiger partial charge on any atom is 0.189 e. The molecule has 0 saturated carbocycles. The molecule has 0 spiro atoms. The number of anilines is 1. The molecule has 2 aromatic carbocycles. The van der Waals surface area contributed by atoms with Crippen molar-refractivity contribution in [2.45, 2.75) is 4.90 Å². The van der Waals surface area contributed by atoms with Gasteiger partial charge in [-0.3, -0.25) is 0 Å². The van der Waals surface area contributed by atoms with E-state index in [1.54, 1.807) is 30.9 Å². The highest BCUT2D eigenvalue weighted by molar-refractivity contribution is 8.02. The van der Waals surface area contributed by atoms with E-state index in [1.165, 1.54) is 0 Å². The Morgan fingerprint density at radius 1 is 1.05 bits per heavy atom.